The molecule has 0 heterocycles. The molecule has 0 spiro atoms. The predicted octanol–water partition coefficient (Wildman–Crippen LogP) is -0.946. The Morgan fingerprint density at radius 3 is 0.310 bits per heavy atom. The Balaban J connectivity index is -0.000000120. The molecule has 0 bridgehead atoms. The number of hydrogen-bond acceptors (Lipinski definition) is 12. The second-order valence-corrected chi connectivity index (χ2v) is 14.8. The van der Waals surface area contributed by atoms with E-state index >= 15 is 0 Å². The van der Waals surface area contributed by atoms with Gasteiger partial charge >= 0.3 is 291 Å². The van der Waals surface area contributed by atoms with Gasteiger partial charge in [-0.25, -0.2) is 0 Å². The summed E-state index contributed by atoms with van der Waals surface area (Å²) in [5.74, 6) is 0. The summed E-state index contributed by atoms with van der Waals surface area (Å²) in [4.78, 5) is 12.4. The van der Waals surface area contributed by atoms with Gasteiger partial charge in [-0.1, -0.05) is 0 Å². The number of nitriles is 12. The summed E-state index contributed by atoms with van der Waals surface area (Å²) < 4.78 is 0. The van der Waals surface area contributed by atoms with Crippen LogP contribution in [0.1, 0.15) is 0 Å². The molecule has 0 saturated carbocycles. The average molecular weight is 836 g/mol. The molecule has 0 aromatic heterocycles. The van der Waals surface area contributed by atoms with Gasteiger partial charge in [0.15, 0.2) is 0 Å². The van der Waals surface area contributed by atoms with Crippen LogP contribution >= 0.6 is 0 Å². The Labute approximate surface area is 284 Å². The third-order valence-corrected chi connectivity index (χ3v) is 9.78. The van der Waals surface area contributed by atoms with Crippen LogP contribution in [-0.2, 0) is 21.5 Å². The minimum absolute atomic E-state index is 0. The average Bonchev–Trinajstić information content (AvgIpc) is 2.77. The summed E-state index contributed by atoms with van der Waals surface area (Å²) in [7, 11) is -12.3. The molecule has 0 radical (unpaired) electrons. The Morgan fingerprint density at radius 1 is 0.241 bits per heavy atom. The van der Waals surface area contributed by atoms with Crippen LogP contribution in [0.4, 0.5) is 0 Å². The first-order chi connectivity index (χ1) is 11.9. The number of rotatable bonds is 0. The molecule has 0 aliphatic heterocycles. The topological polar surface area (TPSA) is 285 Å². The minimum atomic E-state index is -6.17. The smallest absolute Gasteiger partial charge is 2.00 e. The maximum absolute atomic E-state index is 8.58. The predicted molar refractivity (Wildman–Crippen MR) is 84.6 cm³/mol. The van der Waals surface area contributed by atoms with Crippen LogP contribution in [-0.4, -0.2) is 147 Å². The van der Waals surface area contributed by atoms with Crippen molar-refractivity contribution in [3.8, 4) is 59.6 Å². The molecular weight excluding hydrogens is 836 g/mol. The maximum atomic E-state index is 8.58. The van der Waals surface area contributed by atoms with Gasteiger partial charge in [0.2, 0.25) is 0 Å². The molecule has 0 saturated heterocycles. The molecule has 130 valence electrons. The van der Waals surface area contributed by atoms with Crippen molar-refractivity contribution in [3.05, 3.63) is 0 Å². The molecule has 0 rings (SSSR count). The van der Waals surface area contributed by atoms with Crippen LogP contribution in [0.25, 0.3) is 0 Å². The number of hydrogen-bond donors (Lipinski definition) is 0. The Kier molecular flexibility index (Phi) is 15.3. The van der Waals surface area contributed by atoms with Crippen LogP contribution in [0.2, 0.25) is 0 Å². The first kappa shape index (κ1) is 39.1. The molecule has 29 heavy (non-hydrogen) atoms. The zero-order valence-electron chi connectivity index (χ0n) is 14.2. The standard InChI is InChI=1S/12CN.3Ba.2Fe/c12*1-2;;;;;/q;;;;;;;;;;;;3*+2;2*-3. The van der Waals surface area contributed by atoms with Gasteiger partial charge in [0.05, 0.1) is 0 Å². The fourth-order valence-corrected chi connectivity index (χ4v) is 2.19. The summed E-state index contributed by atoms with van der Waals surface area (Å²) in [6, 6.07) is 0. The molecule has 0 N–H and O–H groups in total. The van der Waals surface area contributed by atoms with Crippen molar-refractivity contribution < 1.29 is 21.5 Å². The zero-order valence-corrected chi connectivity index (χ0v) is 29.7. The first-order valence-electron chi connectivity index (χ1n) is 4.80. The van der Waals surface area contributed by atoms with Crippen molar-refractivity contribution in [1.82, 2.24) is 0 Å². The monoisotopic (exact) mass is 838 g/mol. The van der Waals surface area contributed by atoms with Crippen LogP contribution in [0, 0.1) is 123 Å². The molecule has 0 aliphatic carbocycles. The minimum Gasteiger partial charge on any atom is 2.00 e. The van der Waals surface area contributed by atoms with E-state index in [2.05, 4.69) is 0 Å². The van der Waals surface area contributed by atoms with E-state index in [9.17, 15) is 0 Å². The van der Waals surface area contributed by atoms with Crippen molar-refractivity contribution in [3.63, 3.8) is 0 Å². The van der Waals surface area contributed by atoms with Gasteiger partial charge in [0, 0.05) is 0 Å². The molecule has 0 atom stereocenters. The summed E-state index contributed by atoms with van der Waals surface area (Å²) in [6.45, 7) is 0. The van der Waals surface area contributed by atoms with E-state index in [4.69, 9.17) is 63.1 Å². The van der Waals surface area contributed by atoms with Gasteiger partial charge in [-0.2, -0.15) is 0 Å². The second-order valence-electron chi connectivity index (χ2n) is 3.60. The van der Waals surface area contributed by atoms with Crippen molar-refractivity contribution in [2.24, 2.45) is 0 Å². The summed E-state index contributed by atoms with van der Waals surface area (Å²) in [5.41, 5.74) is 0. The molecule has 0 fully saturated rings. The molecular formula is C12Ba3Fe2N12. The van der Waals surface area contributed by atoms with E-state index in [0.29, 0.717) is 0 Å². The fraction of sp³-hybridized carbons (Fsp3) is 0. The zero-order chi connectivity index (χ0) is 21.3. The summed E-state index contributed by atoms with van der Waals surface area (Å²) in [5, 5.41) is 103. The molecule has 12 nitrogen and oxygen atoms in total. The first-order valence-corrected chi connectivity index (χ1v) is 11.4. The molecule has 0 amide bonds. The van der Waals surface area contributed by atoms with Gasteiger partial charge in [-0.05, 0) is 0 Å². The van der Waals surface area contributed by atoms with Crippen LogP contribution in [0.3, 0.4) is 0 Å². The van der Waals surface area contributed by atoms with Crippen molar-refractivity contribution >= 4 is 147 Å². The van der Waals surface area contributed by atoms with Crippen molar-refractivity contribution in [2.75, 3.05) is 0 Å². The third-order valence-electron chi connectivity index (χ3n) is 2.37. The van der Waals surface area contributed by atoms with E-state index in [1.54, 1.807) is 0 Å². The van der Waals surface area contributed by atoms with Crippen molar-refractivity contribution in [1.29, 1.82) is 63.1 Å². The van der Waals surface area contributed by atoms with Crippen LogP contribution in [0.15, 0.2) is 0 Å². The Morgan fingerprint density at radius 2 is 0.310 bits per heavy atom. The van der Waals surface area contributed by atoms with E-state index < -0.39 is 21.5 Å². The maximum Gasteiger partial charge on any atom is 2.00 e. The normalized spacial score (nSPS) is 12.0. The van der Waals surface area contributed by atoms with Gasteiger partial charge < -0.3 is 0 Å². The Hall–Kier alpha value is -0.367. The Bertz CT molecular complexity index is 890. The SMILES string of the molecule is N#[C][Fe-3]([C]#N)([C]#N)([C]#N)([C]#N)[C]#N.N#[C][Fe-3]([C]#N)([C]#N)([C]#N)([C]#N)[C]#N.[Ba+2].[Ba+2].[Ba+2]. The number of nitrogens with zero attached hydrogens (tertiary/aromatic N) is 12. The van der Waals surface area contributed by atoms with E-state index in [1.807, 2.05) is 0 Å². The van der Waals surface area contributed by atoms with Crippen LogP contribution < -0.4 is 0 Å². The van der Waals surface area contributed by atoms with E-state index in [0.717, 1.165) is 59.6 Å². The van der Waals surface area contributed by atoms with Crippen molar-refractivity contribution in [2.45, 2.75) is 0 Å². The fourth-order valence-electron chi connectivity index (χ4n) is 0.530. The molecule has 17 heteroatoms. The quantitative estimate of drug-likeness (QED) is 0.267. The molecule has 0 aliphatic rings. The third kappa shape index (κ3) is 5.11. The second kappa shape index (κ2) is 11.3. The van der Waals surface area contributed by atoms with Crippen LogP contribution in [0.5, 0.6) is 0 Å². The largest absolute Gasteiger partial charge is 2.00 e. The van der Waals surface area contributed by atoms with E-state index in [-0.39, 0.29) is 147 Å². The van der Waals surface area contributed by atoms with Gasteiger partial charge in [0.1, 0.15) is 0 Å². The van der Waals surface area contributed by atoms with E-state index in [1.165, 1.54) is 0 Å². The van der Waals surface area contributed by atoms with Gasteiger partial charge in [-0.3, -0.25) is 0 Å². The molecule has 0 unspecified atom stereocenters. The van der Waals surface area contributed by atoms with Gasteiger partial charge in [0.25, 0.3) is 0 Å². The molecule has 0 aromatic carbocycles. The molecule has 0 aromatic rings. The van der Waals surface area contributed by atoms with Gasteiger partial charge in [-0.15, -0.1) is 0 Å². The summed E-state index contributed by atoms with van der Waals surface area (Å²) >= 11 is 0. The summed E-state index contributed by atoms with van der Waals surface area (Å²) in [6.07, 6.45) is 0.